The van der Waals surface area contributed by atoms with E-state index in [-0.39, 0.29) is 0 Å². The summed E-state index contributed by atoms with van der Waals surface area (Å²) < 4.78 is 2.02. The summed E-state index contributed by atoms with van der Waals surface area (Å²) in [5.41, 5.74) is 2.73. The maximum Gasteiger partial charge on any atom is 0.141 e. The maximum absolute atomic E-state index is 9.12. The highest BCUT2D eigenvalue weighted by molar-refractivity contribution is 5.83. The SMILES string of the molecule is N#Cc1cn(Cc2ccccc2)c2ncccc12. The summed E-state index contributed by atoms with van der Waals surface area (Å²) in [6.07, 6.45) is 3.62. The van der Waals surface area contributed by atoms with E-state index in [4.69, 9.17) is 5.26 Å². The number of hydrogen-bond acceptors (Lipinski definition) is 2. The lowest BCUT2D eigenvalue weighted by molar-refractivity contribution is 0.824. The monoisotopic (exact) mass is 233 g/mol. The smallest absolute Gasteiger partial charge is 0.141 e. The fourth-order valence-electron chi connectivity index (χ4n) is 2.11. The molecule has 0 fully saturated rings. The summed E-state index contributed by atoms with van der Waals surface area (Å²) in [6.45, 7) is 0.732. The van der Waals surface area contributed by atoms with Gasteiger partial charge >= 0.3 is 0 Å². The molecule has 0 radical (unpaired) electrons. The summed E-state index contributed by atoms with van der Waals surface area (Å²) in [7, 11) is 0. The molecule has 0 aliphatic carbocycles. The molecule has 0 aliphatic heterocycles. The lowest BCUT2D eigenvalue weighted by atomic mass is 10.2. The second kappa shape index (κ2) is 4.34. The first-order valence-corrected chi connectivity index (χ1v) is 5.76. The Labute approximate surface area is 105 Å². The third kappa shape index (κ3) is 1.74. The summed E-state index contributed by atoms with van der Waals surface area (Å²) in [4.78, 5) is 4.36. The van der Waals surface area contributed by atoms with Crippen LogP contribution in [0.25, 0.3) is 11.0 Å². The average Bonchev–Trinajstić information content (AvgIpc) is 2.78. The Morgan fingerprint density at radius 1 is 1.11 bits per heavy atom. The zero-order chi connectivity index (χ0) is 12.4. The molecule has 3 heteroatoms. The molecule has 0 saturated heterocycles. The molecule has 2 heterocycles. The first kappa shape index (κ1) is 10.5. The highest BCUT2D eigenvalue weighted by atomic mass is 15.0. The minimum absolute atomic E-state index is 0.675. The molecule has 0 N–H and O–H groups in total. The van der Waals surface area contributed by atoms with Crippen LogP contribution in [0.3, 0.4) is 0 Å². The van der Waals surface area contributed by atoms with Crippen LogP contribution in [0, 0.1) is 11.3 Å². The van der Waals surface area contributed by atoms with Crippen molar-refractivity contribution < 1.29 is 0 Å². The van der Waals surface area contributed by atoms with E-state index in [2.05, 4.69) is 23.2 Å². The number of hydrogen-bond donors (Lipinski definition) is 0. The van der Waals surface area contributed by atoms with Crippen LogP contribution in [0.2, 0.25) is 0 Å². The third-order valence-electron chi connectivity index (χ3n) is 2.95. The molecule has 86 valence electrons. The van der Waals surface area contributed by atoms with Crippen LogP contribution >= 0.6 is 0 Å². The second-order valence-electron chi connectivity index (χ2n) is 4.14. The van der Waals surface area contributed by atoms with Crippen molar-refractivity contribution in [3.05, 3.63) is 66.0 Å². The number of nitriles is 1. The van der Waals surface area contributed by atoms with Gasteiger partial charge in [0.05, 0.1) is 5.56 Å². The summed E-state index contributed by atoms with van der Waals surface area (Å²) in [5, 5.41) is 10.0. The summed E-state index contributed by atoms with van der Waals surface area (Å²) in [5.74, 6) is 0. The van der Waals surface area contributed by atoms with Gasteiger partial charge in [0.2, 0.25) is 0 Å². The number of fused-ring (bicyclic) bond motifs is 1. The number of nitrogens with zero attached hydrogens (tertiary/aromatic N) is 3. The lowest BCUT2D eigenvalue weighted by Crippen LogP contribution is -1.98. The van der Waals surface area contributed by atoms with Gasteiger partial charge in [-0.15, -0.1) is 0 Å². The van der Waals surface area contributed by atoms with E-state index >= 15 is 0 Å². The van der Waals surface area contributed by atoms with Crippen molar-refractivity contribution in [3.63, 3.8) is 0 Å². The Bertz CT molecular complexity index is 720. The molecule has 3 aromatic rings. The topological polar surface area (TPSA) is 41.6 Å². The molecule has 2 aromatic heterocycles. The third-order valence-corrected chi connectivity index (χ3v) is 2.95. The predicted octanol–water partition coefficient (Wildman–Crippen LogP) is 2.96. The van der Waals surface area contributed by atoms with Gasteiger partial charge in [-0.25, -0.2) is 4.98 Å². The molecule has 3 rings (SSSR count). The molecular formula is C15H11N3. The van der Waals surface area contributed by atoms with Crippen LogP contribution in [0.4, 0.5) is 0 Å². The summed E-state index contributed by atoms with van der Waals surface area (Å²) >= 11 is 0. The Morgan fingerprint density at radius 2 is 1.94 bits per heavy atom. The molecule has 3 nitrogen and oxygen atoms in total. The van der Waals surface area contributed by atoms with Crippen molar-refractivity contribution in [2.75, 3.05) is 0 Å². The standard InChI is InChI=1S/C15H11N3/c16-9-13-11-18(10-12-5-2-1-3-6-12)15-14(13)7-4-8-17-15/h1-8,11H,10H2. The van der Waals surface area contributed by atoms with Crippen LogP contribution in [0.5, 0.6) is 0 Å². The highest BCUT2D eigenvalue weighted by Crippen LogP contribution is 2.19. The quantitative estimate of drug-likeness (QED) is 0.682. The van der Waals surface area contributed by atoms with E-state index in [0.717, 1.165) is 17.6 Å². The number of benzene rings is 1. The van der Waals surface area contributed by atoms with Gasteiger partial charge in [-0.3, -0.25) is 0 Å². The van der Waals surface area contributed by atoms with Crippen molar-refractivity contribution >= 4 is 11.0 Å². The van der Waals surface area contributed by atoms with E-state index in [0.29, 0.717) is 5.56 Å². The van der Waals surface area contributed by atoms with Crippen LogP contribution < -0.4 is 0 Å². The van der Waals surface area contributed by atoms with E-state index in [1.54, 1.807) is 6.20 Å². The Kier molecular flexibility index (Phi) is 2.54. The van der Waals surface area contributed by atoms with E-state index in [1.165, 1.54) is 5.56 Å². The largest absolute Gasteiger partial charge is 0.327 e. The first-order valence-electron chi connectivity index (χ1n) is 5.76. The van der Waals surface area contributed by atoms with Gasteiger partial charge < -0.3 is 4.57 Å². The van der Waals surface area contributed by atoms with Crippen LogP contribution in [-0.4, -0.2) is 9.55 Å². The molecule has 0 saturated carbocycles. The van der Waals surface area contributed by atoms with Gasteiger partial charge in [0.1, 0.15) is 11.7 Å². The average molecular weight is 233 g/mol. The molecule has 1 aromatic carbocycles. The van der Waals surface area contributed by atoms with Gasteiger partial charge in [0.25, 0.3) is 0 Å². The second-order valence-corrected chi connectivity index (χ2v) is 4.14. The van der Waals surface area contributed by atoms with Gasteiger partial charge in [0.15, 0.2) is 0 Å². The van der Waals surface area contributed by atoms with Crippen molar-refractivity contribution in [2.45, 2.75) is 6.54 Å². The van der Waals surface area contributed by atoms with E-state index in [1.807, 2.05) is 41.1 Å². The molecule has 0 spiro atoms. The molecule has 0 unspecified atom stereocenters. The van der Waals surface area contributed by atoms with Crippen LogP contribution in [-0.2, 0) is 6.54 Å². The maximum atomic E-state index is 9.12. The van der Waals surface area contributed by atoms with Crippen molar-refractivity contribution in [2.24, 2.45) is 0 Å². The molecular weight excluding hydrogens is 222 g/mol. The Hall–Kier alpha value is -2.60. The number of pyridine rings is 1. The molecule has 0 bridgehead atoms. The fourth-order valence-corrected chi connectivity index (χ4v) is 2.11. The van der Waals surface area contributed by atoms with Gasteiger partial charge in [0, 0.05) is 24.3 Å². The fraction of sp³-hybridized carbons (Fsp3) is 0.0667. The number of aromatic nitrogens is 2. The van der Waals surface area contributed by atoms with Crippen molar-refractivity contribution in [1.29, 1.82) is 5.26 Å². The summed E-state index contributed by atoms with van der Waals surface area (Å²) in [6, 6.07) is 16.2. The van der Waals surface area contributed by atoms with Gasteiger partial charge in [-0.2, -0.15) is 5.26 Å². The minimum atomic E-state index is 0.675. The lowest BCUT2D eigenvalue weighted by Gasteiger charge is -2.04. The van der Waals surface area contributed by atoms with E-state index < -0.39 is 0 Å². The van der Waals surface area contributed by atoms with Crippen LogP contribution in [0.1, 0.15) is 11.1 Å². The molecule has 0 amide bonds. The van der Waals surface area contributed by atoms with Gasteiger partial charge in [-0.1, -0.05) is 30.3 Å². The first-order chi connectivity index (χ1) is 8.88. The molecule has 0 atom stereocenters. The zero-order valence-electron chi connectivity index (χ0n) is 9.74. The van der Waals surface area contributed by atoms with Crippen molar-refractivity contribution in [1.82, 2.24) is 9.55 Å². The van der Waals surface area contributed by atoms with Crippen molar-refractivity contribution in [3.8, 4) is 6.07 Å². The predicted molar refractivity (Wildman–Crippen MR) is 70.0 cm³/mol. The van der Waals surface area contributed by atoms with Crippen LogP contribution in [0.15, 0.2) is 54.9 Å². The molecule has 18 heavy (non-hydrogen) atoms. The van der Waals surface area contributed by atoms with E-state index in [9.17, 15) is 0 Å². The molecule has 0 aliphatic rings. The highest BCUT2D eigenvalue weighted by Gasteiger charge is 2.08. The Balaban J connectivity index is 2.11. The normalized spacial score (nSPS) is 10.4. The number of rotatable bonds is 2. The zero-order valence-corrected chi connectivity index (χ0v) is 9.74. The Morgan fingerprint density at radius 3 is 2.72 bits per heavy atom. The van der Waals surface area contributed by atoms with Gasteiger partial charge in [-0.05, 0) is 17.7 Å². The minimum Gasteiger partial charge on any atom is -0.327 e.